The van der Waals surface area contributed by atoms with Gasteiger partial charge in [-0.15, -0.1) is 0 Å². The highest BCUT2D eigenvalue weighted by Gasteiger charge is 2.40. The number of hydrogen-bond donors (Lipinski definition) is 1. The van der Waals surface area contributed by atoms with Gasteiger partial charge in [-0.25, -0.2) is 0 Å². The first-order chi connectivity index (χ1) is 8.12. The Hall–Kier alpha value is -1.35. The van der Waals surface area contributed by atoms with Crippen LogP contribution in [0.25, 0.3) is 0 Å². The number of hydrogen-bond acceptors (Lipinski definition) is 2. The van der Waals surface area contributed by atoms with Crippen LogP contribution in [0.1, 0.15) is 24.0 Å². The van der Waals surface area contributed by atoms with E-state index in [0.29, 0.717) is 32.5 Å². The summed E-state index contributed by atoms with van der Waals surface area (Å²) in [6.45, 7) is 3.14. The molecule has 3 heteroatoms. The van der Waals surface area contributed by atoms with Crippen LogP contribution in [0.5, 0.6) is 0 Å². The van der Waals surface area contributed by atoms with Crippen molar-refractivity contribution >= 4 is 5.97 Å². The summed E-state index contributed by atoms with van der Waals surface area (Å²) in [7, 11) is 0. The zero-order valence-corrected chi connectivity index (χ0v) is 10.1. The average Bonchev–Trinajstić information content (AvgIpc) is 2.30. The summed E-state index contributed by atoms with van der Waals surface area (Å²) in [6, 6.07) is 8.09. The smallest absolute Gasteiger partial charge is 0.310 e. The van der Waals surface area contributed by atoms with Gasteiger partial charge in [-0.1, -0.05) is 29.8 Å². The third-order valence-corrected chi connectivity index (χ3v) is 3.53. The summed E-state index contributed by atoms with van der Waals surface area (Å²) in [6.07, 6.45) is 1.82. The Bertz CT molecular complexity index is 406. The van der Waals surface area contributed by atoms with E-state index in [4.69, 9.17) is 4.74 Å². The Labute approximate surface area is 101 Å². The van der Waals surface area contributed by atoms with E-state index in [-0.39, 0.29) is 0 Å². The zero-order valence-electron chi connectivity index (χ0n) is 10.1. The predicted molar refractivity (Wildman–Crippen MR) is 65.0 cm³/mol. The Morgan fingerprint density at radius 1 is 1.41 bits per heavy atom. The lowest BCUT2D eigenvalue weighted by atomic mass is 9.75. The first-order valence-electron chi connectivity index (χ1n) is 5.99. The Balaban J connectivity index is 2.20. The van der Waals surface area contributed by atoms with Crippen LogP contribution in [-0.2, 0) is 16.0 Å². The van der Waals surface area contributed by atoms with Gasteiger partial charge in [0.15, 0.2) is 0 Å². The lowest BCUT2D eigenvalue weighted by Gasteiger charge is -2.33. The van der Waals surface area contributed by atoms with Gasteiger partial charge in [-0.3, -0.25) is 4.79 Å². The molecule has 17 heavy (non-hydrogen) atoms. The minimum atomic E-state index is -0.692. The van der Waals surface area contributed by atoms with Crippen LogP contribution in [0.3, 0.4) is 0 Å². The third-order valence-electron chi connectivity index (χ3n) is 3.53. The van der Waals surface area contributed by atoms with E-state index >= 15 is 0 Å². The quantitative estimate of drug-likeness (QED) is 0.873. The molecule has 0 atom stereocenters. The second-order valence-corrected chi connectivity index (χ2v) is 4.86. The van der Waals surface area contributed by atoms with E-state index in [2.05, 4.69) is 6.07 Å². The van der Waals surface area contributed by atoms with Crippen LogP contribution in [0.2, 0.25) is 0 Å². The van der Waals surface area contributed by atoms with Crippen LogP contribution in [0, 0.1) is 12.3 Å². The Morgan fingerprint density at radius 2 is 2.12 bits per heavy atom. The molecule has 1 saturated heterocycles. The van der Waals surface area contributed by atoms with Crippen molar-refractivity contribution in [3.8, 4) is 0 Å². The SMILES string of the molecule is Cc1cccc(CC2(C(=O)O)CCOCC2)c1. The van der Waals surface area contributed by atoms with Crippen molar-refractivity contribution in [3.63, 3.8) is 0 Å². The molecule has 92 valence electrons. The van der Waals surface area contributed by atoms with Crippen molar-refractivity contribution in [1.82, 2.24) is 0 Å². The molecular formula is C14H18O3. The number of ether oxygens (including phenoxy) is 1. The molecule has 0 spiro atoms. The Morgan fingerprint density at radius 3 is 2.71 bits per heavy atom. The fourth-order valence-electron chi connectivity index (χ4n) is 2.44. The predicted octanol–water partition coefficient (Wildman–Crippen LogP) is 2.42. The maximum absolute atomic E-state index is 11.5. The van der Waals surface area contributed by atoms with E-state index in [9.17, 15) is 9.90 Å². The normalized spacial score (nSPS) is 18.9. The van der Waals surface area contributed by atoms with Crippen molar-refractivity contribution in [1.29, 1.82) is 0 Å². The summed E-state index contributed by atoms with van der Waals surface area (Å²) in [5.74, 6) is -0.692. The molecule has 0 aromatic heterocycles. The van der Waals surface area contributed by atoms with Crippen LogP contribution in [0.4, 0.5) is 0 Å². The van der Waals surface area contributed by atoms with Gasteiger partial charge in [0, 0.05) is 13.2 Å². The summed E-state index contributed by atoms with van der Waals surface area (Å²) in [5.41, 5.74) is 1.65. The van der Waals surface area contributed by atoms with Crippen molar-refractivity contribution in [3.05, 3.63) is 35.4 Å². The number of carbonyl (C=O) groups is 1. The molecule has 2 rings (SSSR count). The van der Waals surface area contributed by atoms with Gasteiger partial charge in [-0.05, 0) is 31.7 Å². The van der Waals surface area contributed by atoms with Gasteiger partial charge in [-0.2, -0.15) is 0 Å². The van der Waals surface area contributed by atoms with E-state index in [0.717, 1.165) is 5.56 Å². The zero-order chi connectivity index (χ0) is 12.3. The van der Waals surface area contributed by atoms with Crippen LogP contribution in [-0.4, -0.2) is 24.3 Å². The molecule has 3 nitrogen and oxygen atoms in total. The number of rotatable bonds is 3. The van der Waals surface area contributed by atoms with Crippen molar-refractivity contribution < 1.29 is 14.6 Å². The standard InChI is InChI=1S/C14H18O3/c1-11-3-2-4-12(9-11)10-14(13(15)16)5-7-17-8-6-14/h2-4,9H,5-8,10H2,1H3,(H,15,16). The first kappa shape index (κ1) is 12.1. The lowest BCUT2D eigenvalue weighted by Crippen LogP contribution is -2.39. The summed E-state index contributed by atoms with van der Waals surface area (Å²) in [4.78, 5) is 11.5. The van der Waals surface area contributed by atoms with Gasteiger partial charge in [0.25, 0.3) is 0 Å². The maximum Gasteiger partial charge on any atom is 0.310 e. The fraction of sp³-hybridized carbons (Fsp3) is 0.500. The third kappa shape index (κ3) is 2.67. The molecule has 1 aromatic rings. The molecule has 1 heterocycles. The number of aryl methyl sites for hydroxylation is 1. The molecule has 0 amide bonds. The molecule has 0 unspecified atom stereocenters. The maximum atomic E-state index is 11.5. The van der Waals surface area contributed by atoms with Crippen LogP contribution in [0.15, 0.2) is 24.3 Å². The second kappa shape index (κ2) is 4.88. The second-order valence-electron chi connectivity index (χ2n) is 4.86. The highest BCUT2D eigenvalue weighted by Crippen LogP contribution is 2.34. The van der Waals surface area contributed by atoms with Crippen LogP contribution >= 0.6 is 0 Å². The monoisotopic (exact) mass is 234 g/mol. The summed E-state index contributed by atoms with van der Waals surface area (Å²) >= 11 is 0. The molecule has 0 aliphatic carbocycles. The number of aliphatic carboxylic acids is 1. The van der Waals surface area contributed by atoms with Gasteiger partial charge in [0.2, 0.25) is 0 Å². The highest BCUT2D eigenvalue weighted by atomic mass is 16.5. The molecule has 1 N–H and O–H groups in total. The van der Waals surface area contributed by atoms with Crippen LogP contribution < -0.4 is 0 Å². The van der Waals surface area contributed by atoms with E-state index in [1.165, 1.54) is 5.56 Å². The molecule has 1 aromatic carbocycles. The van der Waals surface area contributed by atoms with Crippen molar-refractivity contribution in [2.45, 2.75) is 26.2 Å². The highest BCUT2D eigenvalue weighted by molar-refractivity contribution is 5.75. The molecule has 1 aliphatic heterocycles. The largest absolute Gasteiger partial charge is 0.481 e. The molecular weight excluding hydrogens is 216 g/mol. The molecule has 1 fully saturated rings. The molecule has 1 aliphatic rings. The van der Waals surface area contributed by atoms with Gasteiger partial charge in [0.05, 0.1) is 5.41 Å². The number of carboxylic acid groups (broad SMARTS) is 1. The number of benzene rings is 1. The first-order valence-corrected chi connectivity index (χ1v) is 5.99. The lowest BCUT2D eigenvalue weighted by molar-refractivity contribution is -0.154. The van der Waals surface area contributed by atoms with E-state index in [1.54, 1.807) is 0 Å². The fourth-order valence-corrected chi connectivity index (χ4v) is 2.44. The van der Waals surface area contributed by atoms with E-state index in [1.807, 2.05) is 25.1 Å². The molecule has 0 bridgehead atoms. The minimum Gasteiger partial charge on any atom is -0.481 e. The average molecular weight is 234 g/mol. The van der Waals surface area contributed by atoms with Gasteiger partial charge < -0.3 is 9.84 Å². The summed E-state index contributed by atoms with van der Waals surface area (Å²) in [5, 5.41) is 9.46. The minimum absolute atomic E-state index is 0.554. The topological polar surface area (TPSA) is 46.5 Å². The van der Waals surface area contributed by atoms with Crippen molar-refractivity contribution in [2.75, 3.05) is 13.2 Å². The Kier molecular flexibility index (Phi) is 3.48. The van der Waals surface area contributed by atoms with Gasteiger partial charge >= 0.3 is 5.97 Å². The molecule has 0 saturated carbocycles. The van der Waals surface area contributed by atoms with Crippen molar-refractivity contribution in [2.24, 2.45) is 5.41 Å². The van der Waals surface area contributed by atoms with E-state index < -0.39 is 11.4 Å². The van der Waals surface area contributed by atoms with Gasteiger partial charge in [0.1, 0.15) is 0 Å². The molecule has 0 radical (unpaired) electrons. The summed E-state index contributed by atoms with van der Waals surface area (Å²) < 4.78 is 5.27. The number of carboxylic acids is 1.